The largest absolute Gasteiger partial charge is 0.490 e. The predicted molar refractivity (Wildman–Crippen MR) is 365 cm³/mol. The summed E-state index contributed by atoms with van der Waals surface area (Å²) in [6.07, 6.45) is 24.3. The first kappa shape index (κ1) is 75.9. The quantitative estimate of drug-likeness (QED) is 0.0278. The van der Waals surface area contributed by atoms with E-state index in [1.807, 2.05) is 38.1 Å². The van der Waals surface area contributed by atoms with Crippen LogP contribution in [0.4, 0.5) is 19.2 Å². The molecule has 0 bridgehead atoms. The number of carbonyl (C=O) groups excluding carboxylic acids is 4. The van der Waals surface area contributed by atoms with Gasteiger partial charge in [-0.15, -0.1) is 26.3 Å². The Morgan fingerprint density at radius 1 is 0.430 bits per heavy atom. The lowest BCUT2D eigenvalue weighted by Crippen LogP contribution is -2.42. The molecule has 2 unspecified atom stereocenters. The van der Waals surface area contributed by atoms with Crippen LogP contribution in [0.2, 0.25) is 0 Å². The van der Waals surface area contributed by atoms with E-state index in [0.717, 1.165) is 127 Å². The van der Waals surface area contributed by atoms with Gasteiger partial charge in [-0.1, -0.05) is 76.3 Å². The highest BCUT2D eigenvalue weighted by molar-refractivity contribution is 5.69. The van der Waals surface area contributed by atoms with Crippen molar-refractivity contribution in [2.24, 2.45) is 34.5 Å². The molecule has 0 spiro atoms. The van der Waals surface area contributed by atoms with E-state index < -0.39 is 35.2 Å². The van der Waals surface area contributed by atoms with Gasteiger partial charge in [0.15, 0.2) is 0 Å². The standard InChI is InChI=1S/C75H116N4O14/c1-11-41-84-49-74(15-5,50-85-42-12-2)53-90-69(80)76-63-29-17-57(18-30-63)45-59-21-33-65(34-22-59)78-71(82)92-55(7)47-88-67-37-25-61(26-38-67)73(9,10)62-27-39-68(40-28-62)89-48-56(8)93-72(83)79-66-35-23-60(24-36-66)46-58-19-31-64(32-20-58)77-70(81)91-54-75(16-6,51-86-43-13-3)52-87-44-14-4/h11-14,25-28,37-40,55-60,63-66H,1-4,15-24,29-36,41-54H2,5-10H3,(H,76,80)(H,77,81)(H,78,82)(H,79,83). The third-order valence-electron chi connectivity index (χ3n) is 19.8. The Hall–Kier alpha value is -6.08. The second-order valence-electron chi connectivity index (χ2n) is 27.7. The van der Waals surface area contributed by atoms with E-state index in [9.17, 15) is 19.2 Å². The number of alkyl carbamates (subject to hydrolysis) is 4. The molecule has 520 valence electrons. The van der Waals surface area contributed by atoms with Gasteiger partial charge in [0.25, 0.3) is 0 Å². The Bertz CT molecular complexity index is 2330. The third-order valence-corrected chi connectivity index (χ3v) is 19.8. The molecule has 2 aromatic carbocycles. The molecule has 4 aliphatic rings. The molecule has 18 heteroatoms. The summed E-state index contributed by atoms with van der Waals surface area (Å²) >= 11 is 0. The molecule has 4 aliphatic carbocycles. The number of ether oxygens (including phenoxy) is 10. The number of carbonyl (C=O) groups is 4. The molecular formula is C75H116N4O14. The molecule has 4 saturated carbocycles. The summed E-state index contributed by atoms with van der Waals surface area (Å²) < 4.78 is 58.2. The molecule has 0 saturated heterocycles. The van der Waals surface area contributed by atoms with Gasteiger partial charge in [0, 0.05) is 29.6 Å². The van der Waals surface area contributed by atoms with Gasteiger partial charge in [0.05, 0.1) is 63.7 Å². The molecule has 4 fully saturated rings. The fourth-order valence-electron chi connectivity index (χ4n) is 13.6. The maximum atomic E-state index is 13.0. The number of hydrogen-bond acceptors (Lipinski definition) is 14. The summed E-state index contributed by atoms with van der Waals surface area (Å²) in [5.41, 5.74) is 1.04. The van der Waals surface area contributed by atoms with Crippen molar-refractivity contribution in [1.29, 1.82) is 0 Å². The smallest absolute Gasteiger partial charge is 0.407 e. The van der Waals surface area contributed by atoms with Crippen molar-refractivity contribution in [3.8, 4) is 11.5 Å². The monoisotopic (exact) mass is 1300 g/mol. The minimum Gasteiger partial charge on any atom is -0.490 e. The Morgan fingerprint density at radius 2 is 0.699 bits per heavy atom. The van der Waals surface area contributed by atoms with Gasteiger partial charge in [-0.3, -0.25) is 0 Å². The Kier molecular flexibility index (Phi) is 32.9. The summed E-state index contributed by atoms with van der Waals surface area (Å²) in [6, 6.07) is 16.5. The van der Waals surface area contributed by atoms with Crippen LogP contribution in [0.15, 0.2) is 99.2 Å². The Morgan fingerprint density at radius 3 is 0.957 bits per heavy atom. The molecule has 0 aliphatic heterocycles. The highest BCUT2D eigenvalue weighted by Crippen LogP contribution is 2.39. The Balaban J connectivity index is 0.787. The predicted octanol–water partition coefficient (Wildman–Crippen LogP) is 15.1. The minimum atomic E-state index is -0.440. The molecule has 93 heavy (non-hydrogen) atoms. The average Bonchev–Trinajstić information content (AvgIpc) is 0.893. The third kappa shape index (κ3) is 26.9. The number of rotatable bonds is 40. The van der Waals surface area contributed by atoms with Gasteiger partial charge >= 0.3 is 24.4 Å². The summed E-state index contributed by atoms with van der Waals surface area (Å²) in [7, 11) is 0. The van der Waals surface area contributed by atoms with Crippen LogP contribution in [0.3, 0.4) is 0 Å². The van der Waals surface area contributed by atoms with Crippen molar-refractivity contribution in [1.82, 2.24) is 21.3 Å². The van der Waals surface area contributed by atoms with E-state index in [-0.39, 0.29) is 68.2 Å². The van der Waals surface area contributed by atoms with Gasteiger partial charge in [-0.05, 0) is 201 Å². The van der Waals surface area contributed by atoms with Crippen molar-refractivity contribution in [2.45, 2.75) is 212 Å². The van der Waals surface area contributed by atoms with Crippen molar-refractivity contribution in [3.05, 3.63) is 110 Å². The van der Waals surface area contributed by atoms with E-state index in [1.54, 1.807) is 24.3 Å². The van der Waals surface area contributed by atoms with E-state index >= 15 is 0 Å². The zero-order valence-corrected chi connectivity index (χ0v) is 57.4. The van der Waals surface area contributed by atoms with Crippen molar-refractivity contribution in [3.63, 3.8) is 0 Å². The average molecular weight is 1300 g/mol. The van der Waals surface area contributed by atoms with Crippen molar-refractivity contribution >= 4 is 24.4 Å². The van der Waals surface area contributed by atoms with Crippen LogP contribution in [0.5, 0.6) is 11.5 Å². The van der Waals surface area contributed by atoms with Crippen LogP contribution >= 0.6 is 0 Å². The van der Waals surface area contributed by atoms with Gasteiger partial charge in [-0.25, -0.2) is 19.2 Å². The topological polar surface area (TPSA) is 209 Å². The molecule has 2 atom stereocenters. The molecule has 4 amide bonds. The summed E-state index contributed by atoms with van der Waals surface area (Å²) in [5.74, 6) is 3.93. The summed E-state index contributed by atoms with van der Waals surface area (Å²) in [5, 5.41) is 12.4. The van der Waals surface area contributed by atoms with E-state index in [0.29, 0.717) is 88.0 Å². The van der Waals surface area contributed by atoms with E-state index in [2.05, 4.69) is 99.5 Å². The molecule has 0 aromatic heterocycles. The number of benzene rings is 2. The van der Waals surface area contributed by atoms with Crippen LogP contribution < -0.4 is 30.7 Å². The molecule has 6 rings (SSSR count). The van der Waals surface area contributed by atoms with Gasteiger partial charge < -0.3 is 68.6 Å². The molecule has 18 nitrogen and oxygen atoms in total. The molecule has 0 heterocycles. The molecular weight excluding hydrogens is 1180 g/mol. The highest BCUT2D eigenvalue weighted by atomic mass is 16.6. The molecule has 0 radical (unpaired) electrons. The number of hydrogen-bond donors (Lipinski definition) is 4. The fraction of sp³-hybridized carbons (Fsp3) is 0.680. The lowest BCUT2D eigenvalue weighted by molar-refractivity contribution is -0.0467. The van der Waals surface area contributed by atoms with Crippen LogP contribution in [-0.4, -0.2) is 140 Å². The van der Waals surface area contributed by atoms with Crippen molar-refractivity contribution in [2.75, 3.05) is 79.3 Å². The SMILES string of the molecule is C=CCOCC(CC)(COCC=C)COC(=O)NC1CCC(CC2CCC(NC(=O)OC(C)COc3ccc(C(C)(C)c4ccc(OCC(C)OC(=O)NC5CCC(CC6CCC(NC(=O)OCC(CC)(COCC=C)COCC=C)CC6)CC5)cc4)cc3)CC2)CC1. The highest BCUT2D eigenvalue weighted by Gasteiger charge is 2.36. The Labute approximate surface area is 557 Å². The maximum Gasteiger partial charge on any atom is 0.407 e. The lowest BCUT2D eigenvalue weighted by atomic mass is 9.76. The second-order valence-corrected chi connectivity index (χ2v) is 27.7. The first-order valence-corrected chi connectivity index (χ1v) is 34.9. The van der Waals surface area contributed by atoms with Gasteiger partial charge in [-0.2, -0.15) is 0 Å². The summed E-state index contributed by atoms with van der Waals surface area (Å²) in [6.45, 7) is 31.3. The zero-order chi connectivity index (χ0) is 66.9. The van der Waals surface area contributed by atoms with Gasteiger partial charge in [0.2, 0.25) is 0 Å². The second kappa shape index (κ2) is 40.3. The zero-order valence-electron chi connectivity index (χ0n) is 57.4. The first-order valence-electron chi connectivity index (χ1n) is 34.9. The van der Waals surface area contributed by atoms with Crippen LogP contribution in [0.25, 0.3) is 0 Å². The van der Waals surface area contributed by atoms with Crippen LogP contribution in [0, 0.1) is 34.5 Å². The molecule has 2 aromatic rings. The number of nitrogens with one attached hydrogen (secondary N) is 4. The van der Waals surface area contributed by atoms with E-state index in [4.69, 9.17) is 47.4 Å². The minimum absolute atomic E-state index is 0.0947. The molecule has 4 N–H and O–H groups in total. The first-order chi connectivity index (χ1) is 44.9. The lowest BCUT2D eigenvalue weighted by Gasteiger charge is -2.35. The van der Waals surface area contributed by atoms with Crippen molar-refractivity contribution < 1.29 is 66.5 Å². The van der Waals surface area contributed by atoms with Crippen LogP contribution in [0.1, 0.15) is 181 Å². The fourth-order valence-corrected chi connectivity index (χ4v) is 13.6. The normalized spacial score (nSPS) is 22.5. The maximum absolute atomic E-state index is 13.0. The number of amides is 4. The van der Waals surface area contributed by atoms with Crippen LogP contribution in [-0.2, 0) is 43.3 Å². The van der Waals surface area contributed by atoms with E-state index in [1.165, 1.54) is 12.8 Å². The van der Waals surface area contributed by atoms with Gasteiger partial charge in [0.1, 0.15) is 50.1 Å². The summed E-state index contributed by atoms with van der Waals surface area (Å²) in [4.78, 5) is 51.7.